The molecule has 0 spiro atoms. The van der Waals surface area contributed by atoms with Crippen molar-refractivity contribution < 1.29 is 4.42 Å². The van der Waals surface area contributed by atoms with Gasteiger partial charge in [0.25, 0.3) is 0 Å². The Morgan fingerprint density at radius 2 is 1.39 bits per heavy atom. The molecule has 0 saturated heterocycles. The first-order valence-corrected chi connectivity index (χ1v) is 14.0. The van der Waals surface area contributed by atoms with Gasteiger partial charge in [0.15, 0.2) is 0 Å². The highest BCUT2D eigenvalue weighted by atomic mass is 16.3. The first-order chi connectivity index (χ1) is 20.1. The summed E-state index contributed by atoms with van der Waals surface area (Å²) in [6.45, 7) is 4.64. The largest absolute Gasteiger partial charge is 0.456 e. The number of imidazole rings is 4. The minimum atomic E-state index is -0.138. The summed E-state index contributed by atoms with van der Waals surface area (Å²) in [5, 5.41) is 2.20. The average Bonchev–Trinajstić information content (AvgIpc) is 3.79. The molecule has 0 N–H and O–H groups in total. The van der Waals surface area contributed by atoms with Crippen molar-refractivity contribution in [3.8, 4) is 11.1 Å². The van der Waals surface area contributed by atoms with Crippen molar-refractivity contribution in [2.24, 2.45) is 0 Å². The van der Waals surface area contributed by atoms with Gasteiger partial charge in [-0.2, -0.15) is 0 Å². The average molecular weight is 528 g/mol. The zero-order valence-corrected chi connectivity index (χ0v) is 22.3. The molecule has 0 saturated carbocycles. The molecule has 5 aromatic carbocycles. The molecule has 0 atom stereocenters. The van der Waals surface area contributed by atoms with Crippen molar-refractivity contribution in [3.05, 3.63) is 102 Å². The number of benzene rings is 5. The van der Waals surface area contributed by atoms with Gasteiger partial charge in [0.2, 0.25) is 11.6 Å². The van der Waals surface area contributed by atoms with Crippen LogP contribution in [0.1, 0.15) is 25.0 Å². The topological polar surface area (TPSA) is 52.2 Å². The maximum Gasteiger partial charge on any atom is 0.223 e. The minimum Gasteiger partial charge on any atom is -0.456 e. The zero-order chi connectivity index (χ0) is 26.8. The molecule has 5 heterocycles. The van der Waals surface area contributed by atoms with Gasteiger partial charge in [0.05, 0.1) is 33.1 Å². The lowest BCUT2D eigenvalue weighted by atomic mass is 9.82. The van der Waals surface area contributed by atoms with Gasteiger partial charge in [-0.1, -0.05) is 68.4 Å². The predicted molar refractivity (Wildman–Crippen MR) is 163 cm³/mol. The number of hydrogen-bond donors (Lipinski definition) is 0. The zero-order valence-electron chi connectivity index (χ0n) is 22.3. The van der Waals surface area contributed by atoms with Crippen LogP contribution in [0.2, 0.25) is 0 Å². The highest BCUT2D eigenvalue weighted by molar-refractivity contribution is 6.11. The fraction of sp³-hybridized carbons (Fsp3) is 0.0857. The molecule has 0 radical (unpaired) electrons. The Morgan fingerprint density at radius 3 is 2.29 bits per heavy atom. The number of rotatable bonds is 0. The number of aromatic nitrogens is 5. The van der Waals surface area contributed by atoms with Crippen molar-refractivity contribution in [1.82, 2.24) is 23.2 Å². The maximum atomic E-state index is 6.26. The summed E-state index contributed by atoms with van der Waals surface area (Å²) in [6, 6.07) is 32.3. The lowest BCUT2D eigenvalue weighted by Crippen LogP contribution is -2.15. The third-order valence-corrected chi connectivity index (χ3v) is 9.56. The lowest BCUT2D eigenvalue weighted by molar-refractivity contribution is 0.665. The van der Waals surface area contributed by atoms with Gasteiger partial charge >= 0.3 is 0 Å². The second-order valence-electron chi connectivity index (χ2n) is 11.9. The lowest BCUT2D eigenvalue weighted by Gasteiger charge is -2.21. The van der Waals surface area contributed by atoms with E-state index >= 15 is 0 Å². The van der Waals surface area contributed by atoms with Gasteiger partial charge in [-0.15, -0.1) is 0 Å². The predicted octanol–water partition coefficient (Wildman–Crippen LogP) is 8.34. The van der Waals surface area contributed by atoms with E-state index in [1.54, 1.807) is 0 Å². The summed E-state index contributed by atoms with van der Waals surface area (Å²) >= 11 is 0. The summed E-state index contributed by atoms with van der Waals surface area (Å²) in [6.07, 6.45) is 0. The van der Waals surface area contributed by atoms with Gasteiger partial charge < -0.3 is 4.42 Å². The fourth-order valence-corrected chi connectivity index (χ4v) is 7.84. The van der Waals surface area contributed by atoms with E-state index in [2.05, 4.69) is 106 Å². The first kappa shape index (κ1) is 20.5. The van der Waals surface area contributed by atoms with Crippen LogP contribution in [0.4, 0.5) is 0 Å². The van der Waals surface area contributed by atoms with E-state index in [9.17, 15) is 0 Å². The number of nitrogens with zero attached hydrogens (tertiary/aromatic N) is 5. The molecular weight excluding hydrogens is 506 g/mol. The summed E-state index contributed by atoms with van der Waals surface area (Å²) in [5.74, 6) is 1.76. The fourth-order valence-electron chi connectivity index (χ4n) is 7.84. The van der Waals surface area contributed by atoms with Gasteiger partial charge in [0, 0.05) is 22.3 Å². The van der Waals surface area contributed by atoms with Crippen molar-refractivity contribution in [2.75, 3.05) is 0 Å². The van der Waals surface area contributed by atoms with Crippen molar-refractivity contribution in [1.29, 1.82) is 0 Å². The van der Waals surface area contributed by atoms with E-state index in [4.69, 9.17) is 14.4 Å². The monoisotopic (exact) mass is 527 g/mol. The van der Waals surface area contributed by atoms with E-state index < -0.39 is 0 Å². The van der Waals surface area contributed by atoms with E-state index in [1.807, 2.05) is 12.1 Å². The van der Waals surface area contributed by atoms with Crippen LogP contribution in [0.5, 0.6) is 0 Å². The molecule has 1 aliphatic carbocycles. The molecule has 10 aromatic rings. The molecule has 0 amide bonds. The Balaban J connectivity index is 1.31. The number of furan rings is 1. The quantitative estimate of drug-likeness (QED) is 0.199. The maximum absolute atomic E-state index is 6.26. The molecule has 0 unspecified atom stereocenters. The van der Waals surface area contributed by atoms with Gasteiger partial charge in [-0.05, 0) is 52.6 Å². The highest BCUT2D eigenvalue weighted by Gasteiger charge is 2.38. The summed E-state index contributed by atoms with van der Waals surface area (Å²) < 4.78 is 13.1. The van der Waals surface area contributed by atoms with Crippen LogP contribution in [-0.4, -0.2) is 23.2 Å². The van der Waals surface area contributed by atoms with Crippen LogP contribution in [0.25, 0.3) is 83.2 Å². The Morgan fingerprint density at radius 1 is 0.610 bits per heavy atom. The Labute approximate surface area is 232 Å². The van der Waals surface area contributed by atoms with Crippen LogP contribution in [0.15, 0.2) is 95.4 Å². The van der Waals surface area contributed by atoms with Crippen LogP contribution < -0.4 is 0 Å². The van der Waals surface area contributed by atoms with Crippen LogP contribution >= 0.6 is 0 Å². The van der Waals surface area contributed by atoms with Crippen LogP contribution in [0, 0.1) is 0 Å². The Bertz CT molecular complexity index is 2780. The number of para-hydroxylation sites is 2. The third kappa shape index (κ3) is 2.13. The molecule has 11 rings (SSSR count). The summed E-state index contributed by atoms with van der Waals surface area (Å²) in [4.78, 5) is 10.6. The normalized spacial score (nSPS) is 14.8. The summed E-state index contributed by atoms with van der Waals surface area (Å²) in [5.41, 5.74) is 14.5. The molecule has 6 heteroatoms. The second-order valence-corrected chi connectivity index (χ2v) is 11.9. The molecule has 1 aliphatic rings. The van der Waals surface area contributed by atoms with Crippen LogP contribution in [0.3, 0.4) is 0 Å². The first-order valence-electron chi connectivity index (χ1n) is 14.0. The number of hydrogen-bond acceptors (Lipinski definition) is 3. The summed E-state index contributed by atoms with van der Waals surface area (Å²) in [7, 11) is 0. The Hall–Kier alpha value is -5.36. The van der Waals surface area contributed by atoms with Crippen molar-refractivity contribution in [3.63, 3.8) is 0 Å². The van der Waals surface area contributed by atoms with E-state index in [-0.39, 0.29) is 5.41 Å². The second kappa shape index (κ2) is 6.34. The smallest absolute Gasteiger partial charge is 0.223 e. The molecule has 5 aromatic heterocycles. The highest BCUT2D eigenvalue weighted by Crippen LogP contribution is 2.51. The molecule has 192 valence electrons. The molecule has 0 bridgehead atoms. The van der Waals surface area contributed by atoms with Gasteiger partial charge in [-0.25, -0.2) is 14.4 Å². The molecular formula is C35H21N5O. The van der Waals surface area contributed by atoms with Crippen LogP contribution in [-0.2, 0) is 5.41 Å². The Kier molecular flexibility index (Phi) is 3.17. The molecule has 0 aliphatic heterocycles. The van der Waals surface area contributed by atoms with Gasteiger partial charge in [-0.3, -0.25) is 8.80 Å². The molecule has 0 fully saturated rings. The van der Waals surface area contributed by atoms with Crippen molar-refractivity contribution in [2.45, 2.75) is 19.3 Å². The minimum absolute atomic E-state index is 0.138. The third-order valence-electron chi connectivity index (χ3n) is 9.56. The molecule has 41 heavy (non-hydrogen) atoms. The number of fused-ring (bicyclic) bond motifs is 17. The van der Waals surface area contributed by atoms with E-state index in [0.717, 1.165) is 72.1 Å². The van der Waals surface area contributed by atoms with E-state index in [1.165, 1.54) is 22.3 Å². The molecule has 6 nitrogen and oxygen atoms in total. The van der Waals surface area contributed by atoms with E-state index in [0.29, 0.717) is 0 Å². The SMILES string of the molecule is CC1(C)c2ccccc2-c2ccc3c(nc4n3c3cccc5c3n4c3nc4cc6c(cc4n53)oc3ccccc36)c21. The van der Waals surface area contributed by atoms with Gasteiger partial charge in [0.1, 0.15) is 16.7 Å². The standard InChI is InChI=1S/C35H21N5O/c1-35(2)22-10-5-3-8-18(22)20-14-15-24-31(30(20)35)37-34-38(24)25-11-7-12-26-32(25)40(34)33-36-23-16-21-19-9-4-6-13-28(19)41-29(21)17-27(23)39(26)33/h3-17H,1-2H3. The van der Waals surface area contributed by atoms with Crippen molar-refractivity contribution >= 4 is 72.1 Å².